The minimum Gasteiger partial charge on any atom is -0.339 e. The highest BCUT2D eigenvalue weighted by molar-refractivity contribution is 7.99. The SMILES string of the molecule is CC(c1nc(C2CCCS2)no1)C(N)c1ccccc1. The highest BCUT2D eigenvalue weighted by Crippen LogP contribution is 2.39. The quantitative estimate of drug-likeness (QED) is 0.934. The standard InChI is InChI=1S/C15H19N3OS/c1-10(13(16)11-6-3-2-4-7-11)15-17-14(18-19-15)12-8-5-9-20-12/h2-4,6-7,10,12-13H,5,8-9,16H2,1H3. The van der Waals surface area contributed by atoms with Crippen molar-refractivity contribution in [2.24, 2.45) is 5.73 Å². The molecule has 0 spiro atoms. The predicted molar refractivity (Wildman–Crippen MR) is 80.5 cm³/mol. The van der Waals surface area contributed by atoms with E-state index in [1.807, 2.05) is 49.0 Å². The molecule has 1 aromatic heterocycles. The van der Waals surface area contributed by atoms with Crippen molar-refractivity contribution in [3.05, 3.63) is 47.6 Å². The van der Waals surface area contributed by atoms with Crippen molar-refractivity contribution >= 4 is 11.8 Å². The number of nitrogens with zero attached hydrogens (tertiary/aromatic N) is 2. The zero-order valence-electron chi connectivity index (χ0n) is 11.5. The van der Waals surface area contributed by atoms with Crippen LogP contribution in [0.4, 0.5) is 0 Å². The molecule has 20 heavy (non-hydrogen) atoms. The molecule has 5 heteroatoms. The van der Waals surface area contributed by atoms with Crippen molar-refractivity contribution in [3.63, 3.8) is 0 Å². The lowest BCUT2D eigenvalue weighted by molar-refractivity contribution is 0.340. The molecule has 4 nitrogen and oxygen atoms in total. The van der Waals surface area contributed by atoms with E-state index < -0.39 is 0 Å². The Hall–Kier alpha value is -1.33. The fourth-order valence-electron chi connectivity index (χ4n) is 2.46. The second-order valence-electron chi connectivity index (χ2n) is 5.22. The smallest absolute Gasteiger partial charge is 0.231 e. The van der Waals surface area contributed by atoms with Crippen LogP contribution < -0.4 is 5.73 Å². The second kappa shape index (κ2) is 5.97. The Labute approximate surface area is 123 Å². The van der Waals surface area contributed by atoms with E-state index in [0.717, 1.165) is 17.8 Å². The number of nitrogens with two attached hydrogens (primary N) is 1. The van der Waals surface area contributed by atoms with Crippen LogP contribution in [0.25, 0.3) is 0 Å². The molecule has 2 aromatic rings. The van der Waals surface area contributed by atoms with Gasteiger partial charge in [0, 0.05) is 6.04 Å². The lowest BCUT2D eigenvalue weighted by atomic mass is 9.95. The Morgan fingerprint density at radius 2 is 2.15 bits per heavy atom. The lowest BCUT2D eigenvalue weighted by Gasteiger charge is -2.16. The average molecular weight is 289 g/mol. The topological polar surface area (TPSA) is 64.9 Å². The molecular formula is C15H19N3OS. The van der Waals surface area contributed by atoms with E-state index in [0.29, 0.717) is 11.1 Å². The summed E-state index contributed by atoms with van der Waals surface area (Å²) in [5.41, 5.74) is 7.39. The third-order valence-electron chi connectivity index (χ3n) is 3.79. The predicted octanol–water partition coefficient (Wildman–Crippen LogP) is 3.44. The first-order valence-electron chi connectivity index (χ1n) is 7.01. The first kappa shape index (κ1) is 13.6. The molecule has 0 saturated carbocycles. The Morgan fingerprint density at radius 1 is 1.35 bits per heavy atom. The highest BCUT2D eigenvalue weighted by Gasteiger charge is 2.27. The van der Waals surface area contributed by atoms with Crippen molar-refractivity contribution in [1.29, 1.82) is 0 Å². The van der Waals surface area contributed by atoms with Crippen molar-refractivity contribution < 1.29 is 4.52 Å². The normalized spacial score (nSPS) is 21.8. The number of aromatic nitrogens is 2. The minimum atomic E-state index is -0.124. The zero-order chi connectivity index (χ0) is 13.9. The summed E-state index contributed by atoms with van der Waals surface area (Å²) >= 11 is 1.91. The van der Waals surface area contributed by atoms with Crippen molar-refractivity contribution in [2.75, 3.05) is 5.75 Å². The zero-order valence-corrected chi connectivity index (χ0v) is 12.3. The first-order chi connectivity index (χ1) is 9.75. The molecule has 0 bridgehead atoms. The Morgan fingerprint density at radius 3 is 2.85 bits per heavy atom. The van der Waals surface area contributed by atoms with Gasteiger partial charge in [0.1, 0.15) is 0 Å². The molecule has 0 radical (unpaired) electrons. The van der Waals surface area contributed by atoms with E-state index in [9.17, 15) is 0 Å². The molecule has 3 unspecified atom stereocenters. The molecular weight excluding hydrogens is 270 g/mol. The fourth-order valence-corrected chi connectivity index (χ4v) is 3.66. The van der Waals surface area contributed by atoms with Gasteiger partial charge in [0.2, 0.25) is 5.89 Å². The van der Waals surface area contributed by atoms with Crippen LogP contribution in [-0.2, 0) is 0 Å². The van der Waals surface area contributed by atoms with Gasteiger partial charge in [0.05, 0.1) is 11.2 Å². The molecule has 3 rings (SSSR count). The van der Waals surface area contributed by atoms with E-state index >= 15 is 0 Å². The summed E-state index contributed by atoms with van der Waals surface area (Å²) < 4.78 is 5.43. The van der Waals surface area contributed by atoms with Gasteiger partial charge < -0.3 is 10.3 Å². The molecule has 1 aliphatic rings. The van der Waals surface area contributed by atoms with E-state index in [4.69, 9.17) is 10.3 Å². The molecule has 1 fully saturated rings. The maximum atomic E-state index is 6.30. The van der Waals surface area contributed by atoms with Crippen molar-refractivity contribution in [3.8, 4) is 0 Å². The maximum Gasteiger partial charge on any atom is 0.231 e. The summed E-state index contributed by atoms with van der Waals surface area (Å²) in [4.78, 5) is 4.56. The van der Waals surface area contributed by atoms with Gasteiger partial charge in [-0.15, -0.1) is 0 Å². The van der Waals surface area contributed by atoms with Crippen LogP contribution >= 0.6 is 11.8 Å². The van der Waals surface area contributed by atoms with Gasteiger partial charge in [0.25, 0.3) is 0 Å². The van der Waals surface area contributed by atoms with Gasteiger partial charge in [-0.1, -0.05) is 42.4 Å². The van der Waals surface area contributed by atoms with Crippen LogP contribution in [0, 0.1) is 0 Å². The van der Waals surface area contributed by atoms with Gasteiger partial charge in [-0.25, -0.2) is 0 Å². The fraction of sp³-hybridized carbons (Fsp3) is 0.467. The molecule has 1 saturated heterocycles. The summed E-state index contributed by atoms with van der Waals surface area (Å²) in [6.07, 6.45) is 2.38. The van der Waals surface area contributed by atoms with Gasteiger partial charge in [-0.2, -0.15) is 16.7 Å². The number of rotatable bonds is 4. The molecule has 2 heterocycles. The average Bonchev–Trinajstić information content (AvgIpc) is 3.17. The van der Waals surface area contributed by atoms with Gasteiger partial charge in [0.15, 0.2) is 5.82 Å². The summed E-state index contributed by atoms with van der Waals surface area (Å²) in [5.74, 6) is 2.68. The number of benzene rings is 1. The molecule has 2 N–H and O–H groups in total. The Kier molecular flexibility index (Phi) is 4.08. The van der Waals surface area contributed by atoms with E-state index in [-0.39, 0.29) is 12.0 Å². The van der Waals surface area contributed by atoms with Crippen LogP contribution in [0.2, 0.25) is 0 Å². The number of thioether (sulfide) groups is 1. The monoisotopic (exact) mass is 289 g/mol. The largest absolute Gasteiger partial charge is 0.339 e. The molecule has 3 atom stereocenters. The number of hydrogen-bond acceptors (Lipinski definition) is 5. The van der Waals surface area contributed by atoms with Crippen LogP contribution in [0.15, 0.2) is 34.9 Å². The van der Waals surface area contributed by atoms with Crippen LogP contribution in [-0.4, -0.2) is 15.9 Å². The Bertz CT molecular complexity index is 551. The van der Waals surface area contributed by atoms with E-state index in [1.165, 1.54) is 12.2 Å². The molecule has 1 aliphatic heterocycles. The van der Waals surface area contributed by atoms with Crippen LogP contribution in [0.1, 0.15) is 54.3 Å². The van der Waals surface area contributed by atoms with E-state index in [2.05, 4.69) is 10.1 Å². The lowest BCUT2D eigenvalue weighted by Crippen LogP contribution is -2.17. The van der Waals surface area contributed by atoms with Crippen molar-refractivity contribution in [2.45, 2.75) is 37.0 Å². The molecule has 0 aliphatic carbocycles. The van der Waals surface area contributed by atoms with Crippen molar-refractivity contribution in [1.82, 2.24) is 10.1 Å². The second-order valence-corrected chi connectivity index (χ2v) is 6.53. The molecule has 1 aromatic carbocycles. The minimum absolute atomic E-state index is 0.0186. The Balaban J connectivity index is 1.75. The molecule has 106 valence electrons. The van der Waals surface area contributed by atoms with Gasteiger partial charge in [-0.3, -0.25) is 0 Å². The summed E-state index contributed by atoms with van der Waals surface area (Å²) in [6, 6.07) is 9.92. The summed E-state index contributed by atoms with van der Waals surface area (Å²) in [7, 11) is 0. The summed E-state index contributed by atoms with van der Waals surface area (Å²) in [6.45, 7) is 2.04. The van der Waals surface area contributed by atoms with Gasteiger partial charge in [-0.05, 0) is 24.2 Å². The number of hydrogen-bond donors (Lipinski definition) is 1. The van der Waals surface area contributed by atoms with Crippen LogP contribution in [0.3, 0.4) is 0 Å². The van der Waals surface area contributed by atoms with Gasteiger partial charge >= 0.3 is 0 Å². The third kappa shape index (κ3) is 2.74. The van der Waals surface area contributed by atoms with Crippen LogP contribution in [0.5, 0.6) is 0 Å². The third-order valence-corrected chi connectivity index (χ3v) is 5.16. The summed E-state index contributed by atoms with van der Waals surface area (Å²) in [5, 5.41) is 4.53. The first-order valence-corrected chi connectivity index (χ1v) is 8.06. The molecule has 0 amide bonds. The maximum absolute atomic E-state index is 6.30. The van der Waals surface area contributed by atoms with E-state index in [1.54, 1.807) is 0 Å². The highest BCUT2D eigenvalue weighted by atomic mass is 32.2.